The standard InChI is InChI=1S/C13H26O/c1-8-9(2)11(4)14-12(10(8)3)13(5,6)7/h8-12H,1-7H3/t8-,9?,10-,11?,12?/m1/s1. The fourth-order valence-corrected chi connectivity index (χ4v) is 2.65. The van der Waals surface area contributed by atoms with Crippen molar-refractivity contribution in [2.75, 3.05) is 0 Å². The molecule has 1 rings (SSSR count). The van der Waals surface area contributed by atoms with E-state index in [-0.39, 0.29) is 5.41 Å². The second-order valence-corrected chi connectivity index (χ2v) is 6.21. The average molecular weight is 198 g/mol. The molecule has 1 aliphatic heterocycles. The van der Waals surface area contributed by atoms with Gasteiger partial charge in [-0.25, -0.2) is 0 Å². The van der Waals surface area contributed by atoms with Gasteiger partial charge in [0.2, 0.25) is 0 Å². The van der Waals surface area contributed by atoms with Gasteiger partial charge in [-0.05, 0) is 30.1 Å². The van der Waals surface area contributed by atoms with Gasteiger partial charge in [-0.1, -0.05) is 41.5 Å². The lowest BCUT2D eigenvalue weighted by atomic mass is 9.70. The van der Waals surface area contributed by atoms with Crippen molar-refractivity contribution < 1.29 is 4.74 Å². The highest BCUT2D eigenvalue weighted by Gasteiger charge is 2.42. The highest BCUT2D eigenvalue weighted by Crippen LogP contribution is 2.41. The zero-order valence-electron chi connectivity index (χ0n) is 10.8. The SMILES string of the molecule is CC1OC(C(C)(C)C)[C@H](C)[C@H](C)C1C. The molecule has 0 aromatic heterocycles. The Morgan fingerprint density at radius 1 is 0.786 bits per heavy atom. The summed E-state index contributed by atoms with van der Waals surface area (Å²) >= 11 is 0. The molecular formula is C13H26O. The lowest BCUT2D eigenvalue weighted by Gasteiger charge is -2.47. The highest BCUT2D eigenvalue weighted by atomic mass is 16.5. The predicted octanol–water partition coefficient (Wildman–Crippen LogP) is 3.73. The molecular weight excluding hydrogens is 172 g/mol. The van der Waals surface area contributed by atoms with Crippen LogP contribution in [0.3, 0.4) is 0 Å². The smallest absolute Gasteiger partial charge is 0.0655 e. The van der Waals surface area contributed by atoms with Gasteiger partial charge >= 0.3 is 0 Å². The topological polar surface area (TPSA) is 9.23 Å². The maximum Gasteiger partial charge on any atom is 0.0655 e. The Bertz CT molecular complexity index is 192. The monoisotopic (exact) mass is 198 g/mol. The third-order valence-corrected chi connectivity index (χ3v) is 4.09. The van der Waals surface area contributed by atoms with Crippen molar-refractivity contribution in [1.82, 2.24) is 0 Å². The van der Waals surface area contributed by atoms with E-state index in [1.165, 1.54) is 0 Å². The predicted molar refractivity (Wildman–Crippen MR) is 61.3 cm³/mol. The molecule has 5 atom stereocenters. The zero-order chi connectivity index (χ0) is 11.1. The van der Waals surface area contributed by atoms with Crippen LogP contribution in [0.2, 0.25) is 0 Å². The van der Waals surface area contributed by atoms with Crippen LogP contribution in [0.1, 0.15) is 48.5 Å². The molecule has 84 valence electrons. The van der Waals surface area contributed by atoms with Gasteiger partial charge in [-0.3, -0.25) is 0 Å². The number of ether oxygens (including phenoxy) is 1. The third kappa shape index (κ3) is 2.13. The molecule has 14 heavy (non-hydrogen) atoms. The summed E-state index contributed by atoms with van der Waals surface area (Å²) in [5.41, 5.74) is 0.266. The van der Waals surface area contributed by atoms with Gasteiger partial charge in [-0.15, -0.1) is 0 Å². The van der Waals surface area contributed by atoms with Gasteiger partial charge in [0.05, 0.1) is 12.2 Å². The highest BCUT2D eigenvalue weighted by molar-refractivity contribution is 4.89. The molecule has 1 saturated heterocycles. The molecule has 0 aromatic carbocycles. The van der Waals surface area contributed by atoms with E-state index in [0.29, 0.717) is 24.0 Å². The maximum atomic E-state index is 6.15. The van der Waals surface area contributed by atoms with Gasteiger partial charge < -0.3 is 4.74 Å². The Hall–Kier alpha value is -0.0400. The van der Waals surface area contributed by atoms with Crippen molar-refractivity contribution in [3.63, 3.8) is 0 Å². The van der Waals surface area contributed by atoms with Crippen LogP contribution in [-0.2, 0) is 4.74 Å². The summed E-state index contributed by atoms with van der Waals surface area (Å²) in [7, 11) is 0. The number of hydrogen-bond acceptors (Lipinski definition) is 1. The lowest BCUT2D eigenvalue weighted by Crippen LogP contribution is -2.48. The Morgan fingerprint density at radius 2 is 1.29 bits per heavy atom. The van der Waals surface area contributed by atoms with E-state index < -0.39 is 0 Å². The second-order valence-electron chi connectivity index (χ2n) is 6.21. The minimum absolute atomic E-state index is 0.266. The second kappa shape index (κ2) is 3.84. The summed E-state index contributed by atoms with van der Waals surface area (Å²) in [5.74, 6) is 2.12. The van der Waals surface area contributed by atoms with E-state index in [4.69, 9.17) is 4.74 Å². The molecule has 3 unspecified atom stereocenters. The quantitative estimate of drug-likeness (QED) is 0.576. The van der Waals surface area contributed by atoms with Crippen LogP contribution in [0.4, 0.5) is 0 Å². The first kappa shape index (κ1) is 12.0. The Morgan fingerprint density at radius 3 is 1.71 bits per heavy atom. The normalized spacial score (nSPS) is 45.2. The van der Waals surface area contributed by atoms with Gasteiger partial charge in [0, 0.05) is 0 Å². The summed E-state index contributed by atoms with van der Waals surface area (Å²) in [6.07, 6.45) is 0.814. The van der Waals surface area contributed by atoms with Crippen molar-refractivity contribution in [2.45, 2.75) is 60.7 Å². The van der Waals surface area contributed by atoms with Crippen molar-refractivity contribution in [3.05, 3.63) is 0 Å². The summed E-state index contributed by atoms with van der Waals surface area (Å²) in [5, 5.41) is 0. The molecule has 0 radical (unpaired) electrons. The third-order valence-electron chi connectivity index (χ3n) is 4.09. The fourth-order valence-electron chi connectivity index (χ4n) is 2.65. The Labute approximate surface area is 89.2 Å². The van der Waals surface area contributed by atoms with E-state index in [1.54, 1.807) is 0 Å². The first-order chi connectivity index (χ1) is 6.25. The first-order valence-electron chi connectivity index (χ1n) is 5.90. The van der Waals surface area contributed by atoms with Crippen LogP contribution < -0.4 is 0 Å². The Balaban J connectivity index is 2.81. The van der Waals surface area contributed by atoms with Crippen molar-refractivity contribution in [1.29, 1.82) is 0 Å². The molecule has 0 amide bonds. The van der Waals surface area contributed by atoms with E-state index in [2.05, 4.69) is 48.5 Å². The summed E-state index contributed by atoms with van der Waals surface area (Å²) in [4.78, 5) is 0. The van der Waals surface area contributed by atoms with Crippen LogP contribution in [0.5, 0.6) is 0 Å². The molecule has 0 N–H and O–H groups in total. The maximum absolute atomic E-state index is 6.15. The summed E-state index contributed by atoms with van der Waals surface area (Å²) < 4.78 is 6.15. The summed E-state index contributed by atoms with van der Waals surface area (Å²) in [6.45, 7) is 16.1. The largest absolute Gasteiger partial charge is 0.374 e. The minimum atomic E-state index is 0.266. The van der Waals surface area contributed by atoms with Gasteiger partial charge in [0.15, 0.2) is 0 Å². The average Bonchev–Trinajstić information content (AvgIpc) is 2.06. The zero-order valence-corrected chi connectivity index (χ0v) is 10.8. The van der Waals surface area contributed by atoms with Crippen molar-refractivity contribution in [3.8, 4) is 0 Å². The van der Waals surface area contributed by atoms with E-state index in [1.807, 2.05) is 0 Å². The molecule has 1 aliphatic rings. The van der Waals surface area contributed by atoms with E-state index >= 15 is 0 Å². The molecule has 0 aliphatic carbocycles. The lowest BCUT2D eigenvalue weighted by molar-refractivity contribution is -0.163. The fraction of sp³-hybridized carbons (Fsp3) is 1.00. The van der Waals surface area contributed by atoms with Gasteiger partial charge in [0.1, 0.15) is 0 Å². The molecule has 0 saturated carbocycles. The van der Waals surface area contributed by atoms with Crippen LogP contribution in [0, 0.1) is 23.2 Å². The van der Waals surface area contributed by atoms with E-state index in [0.717, 1.165) is 5.92 Å². The van der Waals surface area contributed by atoms with Crippen molar-refractivity contribution >= 4 is 0 Å². The van der Waals surface area contributed by atoms with Crippen LogP contribution in [0.25, 0.3) is 0 Å². The molecule has 1 heteroatoms. The van der Waals surface area contributed by atoms with Gasteiger partial charge in [-0.2, -0.15) is 0 Å². The molecule has 0 bridgehead atoms. The molecule has 1 nitrogen and oxygen atoms in total. The van der Waals surface area contributed by atoms with Crippen molar-refractivity contribution in [2.24, 2.45) is 23.2 Å². The Kier molecular flexibility index (Phi) is 3.30. The number of hydrogen-bond donors (Lipinski definition) is 0. The van der Waals surface area contributed by atoms with Crippen LogP contribution in [-0.4, -0.2) is 12.2 Å². The minimum Gasteiger partial charge on any atom is -0.374 e. The van der Waals surface area contributed by atoms with Gasteiger partial charge in [0.25, 0.3) is 0 Å². The first-order valence-corrected chi connectivity index (χ1v) is 5.90. The molecule has 1 heterocycles. The molecule has 1 fully saturated rings. The molecule has 0 spiro atoms. The van der Waals surface area contributed by atoms with Crippen LogP contribution >= 0.6 is 0 Å². The summed E-state index contributed by atoms with van der Waals surface area (Å²) in [6, 6.07) is 0. The molecule has 0 aromatic rings. The van der Waals surface area contributed by atoms with Crippen LogP contribution in [0.15, 0.2) is 0 Å². The van der Waals surface area contributed by atoms with E-state index in [9.17, 15) is 0 Å². The number of rotatable bonds is 0.